The first-order valence-corrected chi connectivity index (χ1v) is 5.48. The second kappa shape index (κ2) is 8.28. The fourth-order valence-corrected chi connectivity index (χ4v) is 1.58. The second-order valence-electron chi connectivity index (χ2n) is 3.78. The molecule has 0 amide bonds. The highest BCUT2D eigenvalue weighted by atomic mass is 35.5. The highest BCUT2D eigenvalue weighted by Crippen LogP contribution is 2.23. The molecule has 0 aliphatic carbocycles. The van der Waals surface area contributed by atoms with Crippen LogP contribution in [0.2, 0.25) is 0 Å². The normalized spacial score (nSPS) is 11.8. The third kappa shape index (κ3) is 4.89. The Balaban J connectivity index is 0.00000256. The smallest absolute Gasteiger partial charge is 0.165 e. The highest BCUT2D eigenvalue weighted by molar-refractivity contribution is 5.85. The van der Waals surface area contributed by atoms with Crippen LogP contribution in [-0.2, 0) is 0 Å². The van der Waals surface area contributed by atoms with Crippen molar-refractivity contribution in [2.45, 2.75) is 25.3 Å². The molecule has 4 N–H and O–H groups in total. The number of ether oxygens (including phenoxy) is 1. The summed E-state index contributed by atoms with van der Waals surface area (Å²) in [6.07, 6.45) is 2.80. The van der Waals surface area contributed by atoms with Crippen molar-refractivity contribution < 1.29 is 9.13 Å². The van der Waals surface area contributed by atoms with Crippen LogP contribution in [0.1, 0.15) is 30.9 Å². The third-order valence-corrected chi connectivity index (χ3v) is 2.57. The lowest BCUT2D eigenvalue weighted by atomic mass is 10.0. The number of hydrogen-bond acceptors (Lipinski definition) is 3. The lowest BCUT2D eigenvalue weighted by Crippen LogP contribution is -2.11. The minimum atomic E-state index is -0.361. The van der Waals surface area contributed by atoms with Crippen LogP contribution in [0.5, 0.6) is 5.75 Å². The Morgan fingerprint density at radius 3 is 2.65 bits per heavy atom. The number of unbranched alkanes of at least 4 members (excludes halogenated alkanes) is 1. The van der Waals surface area contributed by atoms with Crippen LogP contribution in [0.15, 0.2) is 18.2 Å². The van der Waals surface area contributed by atoms with Crippen molar-refractivity contribution in [2.75, 3.05) is 13.7 Å². The maximum Gasteiger partial charge on any atom is 0.165 e. The number of benzene rings is 1. The van der Waals surface area contributed by atoms with Crippen molar-refractivity contribution in [2.24, 2.45) is 11.5 Å². The predicted molar refractivity (Wildman–Crippen MR) is 70.0 cm³/mol. The number of rotatable bonds is 6. The van der Waals surface area contributed by atoms with Gasteiger partial charge in [0.15, 0.2) is 11.6 Å². The van der Waals surface area contributed by atoms with Crippen LogP contribution >= 0.6 is 12.4 Å². The van der Waals surface area contributed by atoms with Crippen LogP contribution in [0, 0.1) is 5.82 Å². The Labute approximate surface area is 108 Å². The monoisotopic (exact) mass is 262 g/mol. The van der Waals surface area contributed by atoms with Crippen molar-refractivity contribution in [3.63, 3.8) is 0 Å². The van der Waals surface area contributed by atoms with Gasteiger partial charge in [-0.1, -0.05) is 12.5 Å². The summed E-state index contributed by atoms with van der Waals surface area (Å²) < 4.78 is 18.1. The van der Waals surface area contributed by atoms with Gasteiger partial charge in [-0.3, -0.25) is 0 Å². The summed E-state index contributed by atoms with van der Waals surface area (Å²) in [6, 6.07) is 4.66. The van der Waals surface area contributed by atoms with Crippen molar-refractivity contribution in [1.82, 2.24) is 0 Å². The summed E-state index contributed by atoms with van der Waals surface area (Å²) in [5.41, 5.74) is 12.3. The molecule has 0 aliphatic rings. The van der Waals surface area contributed by atoms with E-state index >= 15 is 0 Å². The Morgan fingerprint density at radius 1 is 1.35 bits per heavy atom. The highest BCUT2D eigenvalue weighted by Gasteiger charge is 2.09. The number of halogens is 2. The van der Waals surface area contributed by atoms with Gasteiger partial charge in [0.25, 0.3) is 0 Å². The lowest BCUT2D eigenvalue weighted by molar-refractivity contribution is 0.385. The van der Waals surface area contributed by atoms with Gasteiger partial charge in [0.2, 0.25) is 0 Å². The van der Waals surface area contributed by atoms with Gasteiger partial charge in [0.1, 0.15) is 0 Å². The zero-order valence-electron chi connectivity index (χ0n) is 9.99. The van der Waals surface area contributed by atoms with E-state index < -0.39 is 0 Å². The van der Waals surface area contributed by atoms with E-state index in [1.807, 2.05) is 0 Å². The van der Waals surface area contributed by atoms with Crippen LogP contribution in [0.3, 0.4) is 0 Å². The molecular formula is C12H20ClFN2O. The maximum atomic E-state index is 13.2. The summed E-state index contributed by atoms with van der Waals surface area (Å²) in [6.45, 7) is 0.680. The van der Waals surface area contributed by atoms with E-state index in [1.54, 1.807) is 12.1 Å². The Hall–Kier alpha value is -0.840. The van der Waals surface area contributed by atoms with Crippen molar-refractivity contribution in [3.8, 4) is 5.75 Å². The average Bonchev–Trinajstić information content (AvgIpc) is 2.30. The van der Waals surface area contributed by atoms with Crippen LogP contribution in [0.25, 0.3) is 0 Å². The first-order valence-electron chi connectivity index (χ1n) is 5.48. The van der Waals surface area contributed by atoms with E-state index in [1.165, 1.54) is 13.2 Å². The largest absolute Gasteiger partial charge is 0.494 e. The predicted octanol–water partition coefficient (Wildman–Crippen LogP) is 2.38. The zero-order chi connectivity index (χ0) is 12.0. The second-order valence-corrected chi connectivity index (χ2v) is 3.78. The SMILES string of the molecule is COc1cc([C@@H](N)CCCCN)ccc1F.Cl. The number of hydrogen-bond donors (Lipinski definition) is 2. The van der Waals surface area contributed by atoms with Crippen molar-refractivity contribution >= 4 is 12.4 Å². The maximum absolute atomic E-state index is 13.2. The van der Waals surface area contributed by atoms with Gasteiger partial charge in [-0.15, -0.1) is 12.4 Å². The number of methoxy groups -OCH3 is 1. The van der Waals surface area contributed by atoms with Gasteiger partial charge in [-0.2, -0.15) is 0 Å². The minimum absolute atomic E-state index is 0. The number of nitrogens with two attached hydrogens (primary N) is 2. The molecule has 0 saturated carbocycles. The molecule has 0 radical (unpaired) electrons. The molecule has 0 aromatic heterocycles. The zero-order valence-corrected chi connectivity index (χ0v) is 10.8. The Kier molecular flexibility index (Phi) is 7.87. The van der Waals surface area contributed by atoms with E-state index in [0.717, 1.165) is 24.8 Å². The molecule has 17 heavy (non-hydrogen) atoms. The molecule has 1 aromatic rings. The Morgan fingerprint density at radius 2 is 2.06 bits per heavy atom. The molecule has 0 bridgehead atoms. The fraction of sp³-hybridized carbons (Fsp3) is 0.500. The van der Waals surface area contributed by atoms with Crippen LogP contribution in [-0.4, -0.2) is 13.7 Å². The molecule has 0 spiro atoms. The fourth-order valence-electron chi connectivity index (χ4n) is 1.58. The molecule has 0 unspecified atom stereocenters. The van der Waals surface area contributed by atoms with E-state index in [4.69, 9.17) is 16.2 Å². The summed E-state index contributed by atoms with van der Waals surface area (Å²) in [4.78, 5) is 0. The van der Waals surface area contributed by atoms with Crippen molar-refractivity contribution in [3.05, 3.63) is 29.6 Å². The van der Waals surface area contributed by atoms with Crippen molar-refractivity contribution in [1.29, 1.82) is 0 Å². The lowest BCUT2D eigenvalue weighted by Gasteiger charge is -2.13. The quantitative estimate of drug-likeness (QED) is 0.774. The molecule has 0 saturated heterocycles. The molecule has 1 aromatic carbocycles. The summed E-state index contributed by atoms with van der Waals surface area (Å²) >= 11 is 0. The van der Waals surface area contributed by atoms with Gasteiger partial charge in [-0.25, -0.2) is 4.39 Å². The van der Waals surface area contributed by atoms with Crippen LogP contribution in [0.4, 0.5) is 4.39 Å². The summed E-state index contributed by atoms with van der Waals surface area (Å²) in [7, 11) is 1.45. The first-order chi connectivity index (χ1) is 7.69. The molecule has 3 nitrogen and oxygen atoms in total. The molecule has 5 heteroatoms. The van der Waals surface area contributed by atoms with Gasteiger partial charge < -0.3 is 16.2 Å². The topological polar surface area (TPSA) is 61.3 Å². The molecule has 0 aliphatic heterocycles. The van der Waals surface area contributed by atoms with E-state index in [9.17, 15) is 4.39 Å². The summed E-state index contributed by atoms with van der Waals surface area (Å²) in [5, 5.41) is 0. The first kappa shape index (κ1) is 16.2. The summed E-state index contributed by atoms with van der Waals surface area (Å²) in [5.74, 6) is -0.118. The molecule has 98 valence electrons. The van der Waals surface area contributed by atoms with E-state index in [2.05, 4.69) is 0 Å². The van der Waals surface area contributed by atoms with E-state index in [-0.39, 0.29) is 30.0 Å². The molecule has 0 fully saturated rings. The average molecular weight is 263 g/mol. The third-order valence-electron chi connectivity index (χ3n) is 2.57. The van der Waals surface area contributed by atoms with Gasteiger partial charge >= 0.3 is 0 Å². The molecular weight excluding hydrogens is 243 g/mol. The standard InChI is InChI=1S/C12H19FN2O.ClH/c1-16-12-8-9(5-6-10(12)13)11(15)4-2-3-7-14;/h5-6,8,11H,2-4,7,14-15H2,1H3;1H/t11-;/m0./s1. The minimum Gasteiger partial charge on any atom is -0.494 e. The molecule has 1 atom stereocenters. The van der Waals surface area contributed by atoms with E-state index in [0.29, 0.717) is 6.54 Å². The van der Waals surface area contributed by atoms with Crippen LogP contribution < -0.4 is 16.2 Å². The molecule has 0 heterocycles. The Bertz CT molecular complexity index is 336. The van der Waals surface area contributed by atoms with Gasteiger partial charge in [-0.05, 0) is 37.1 Å². The van der Waals surface area contributed by atoms with Gasteiger partial charge in [0, 0.05) is 6.04 Å². The van der Waals surface area contributed by atoms with Gasteiger partial charge in [0.05, 0.1) is 7.11 Å². The molecule has 1 rings (SSSR count).